The zero-order valence-electron chi connectivity index (χ0n) is 16.3. The molecule has 0 saturated carbocycles. The fraction of sp³-hybridized carbons (Fsp3) is 0.217. The second-order valence-corrected chi connectivity index (χ2v) is 8.09. The third-order valence-electron chi connectivity index (χ3n) is 5.37. The van der Waals surface area contributed by atoms with Gasteiger partial charge in [-0.05, 0) is 54.8 Å². The molecule has 152 valence electrons. The number of anilines is 2. The Morgan fingerprint density at radius 3 is 2.37 bits per heavy atom. The van der Waals surface area contributed by atoms with Crippen LogP contribution in [0.1, 0.15) is 17.8 Å². The number of ether oxygens (including phenoxy) is 1. The van der Waals surface area contributed by atoms with Crippen molar-refractivity contribution in [1.82, 2.24) is 0 Å². The standard InChI is InChI=1S/C23H20N2O4S/c1-2-28-17-12-10-15(11-13-17)24-22(26)19-20(18-9-6-14-30-18)25(29-21(19)23(24)27)16-7-4-3-5-8-16/h3-14,19-21H,2H2,1H3/t19-,20+,21+/m1/s1. The predicted molar refractivity (Wildman–Crippen MR) is 114 cm³/mol. The highest BCUT2D eigenvalue weighted by Gasteiger charge is 2.60. The van der Waals surface area contributed by atoms with E-state index in [9.17, 15) is 9.59 Å². The van der Waals surface area contributed by atoms with Gasteiger partial charge in [-0.2, -0.15) is 0 Å². The summed E-state index contributed by atoms with van der Waals surface area (Å²) < 4.78 is 5.46. The summed E-state index contributed by atoms with van der Waals surface area (Å²) in [6.07, 6.45) is -0.851. The molecular weight excluding hydrogens is 400 g/mol. The number of fused-ring (bicyclic) bond motifs is 1. The van der Waals surface area contributed by atoms with Gasteiger partial charge < -0.3 is 4.74 Å². The molecule has 3 heterocycles. The highest BCUT2D eigenvalue weighted by Crippen LogP contribution is 2.48. The van der Waals surface area contributed by atoms with Gasteiger partial charge in [0.1, 0.15) is 17.7 Å². The van der Waals surface area contributed by atoms with Crippen molar-refractivity contribution in [3.63, 3.8) is 0 Å². The lowest BCUT2D eigenvalue weighted by molar-refractivity contribution is -0.126. The highest BCUT2D eigenvalue weighted by atomic mass is 32.1. The van der Waals surface area contributed by atoms with E-state index in [0.717, 1.165) is 10.6 Å². The lowest BCUT2D eigenvalue weighted by Crippen LogP contribution is -2.37. The van der Waals surface area contributed by atoms with Crippen LogP contribution in [0.3, 0.4) is 0 Å². The molecule has 0 unspecified atom stereocenters. The quantitative estimate of drug-likeness (QED) is 0.579. The molecule has 0 spiro atoms. The van der Waals surface area contributed by atoms with Crippen LogP contribution >= 0.6 is 11.3 Å². The molecule has 5 rings (SSSR count). The van der Waals surface area contributed by atoms with Gasteiger partial charge >= 0.3 is 0 Å². The summed E-state index contributed by atoms with van der Waals surface area (Å²) >= 11 is 1.56. The largest absolute Gasteiger partial charge is 0.494 e. The second-order valence-electron chi connectivity index (χ2n) is 7.11. The Labute approximate surface area is 178 Å². The average molecular weight is 420 g/mol. The Bertz CT molecular complexity index is 1050. The van der Waals surface area contributed by atoms with Crippen molar-refractivity contribution in [2.45, 2.75) is 19.1 Å². The molecule has 2 amide bonds. The molecule has 2 fully saturated rings. The van der Waals surface area contributed by atoms with Crippen molar-refractivity contribution in [1.29, 1.82) is 0 Å². The van der Waals surface area contributed by atoms with Crippen LogP contribution < -0.4 is 14.7 Å². The van der Waals surface area contributed by atoms with Gasteiger partial charge in [0.15, 0.2) is 6.10 Å². The monoisotopic (exact) mass is 420 g/mol. The Morgan fingerprint density at radius 2 is 1.70 bits per heavy atom. The number of carbonyl (C=O) groups is 2. The number of rotatable bonds is 5. The minimum Gasteiger partial charge on any atom is -0.494 e. The van der Waals surface area contributed by atoms with Crippen LogP contribution in [0, 0.1) is 5.92 Å². The molecule has 3 aromatic rings. The van der Waals surface area contributed by atoms with Gasteiger partial charge in [-0.15, -0.1) is 11.3 Å². The molecule has 0 N–H and O–H groups in total. The van der Waals surface area contributed by atoms with Crippen LogP contribution in [0.4, 0.5) is 11.4 Å². The van der Waals surface area contributed by atoms with Gasteiger partial charge in [0.25, 0.3) is 5.91 Å². The van der Waals surface area contributed by atoms with Crippen molar-refractivity contribution in [3.8, 4) is 5.75 Å². The van der Waals surface area contributed by atoms with Crippen LogP contribution in [0.25, 0.3) is 0 Å². The van der Waals surface area contributed by atoms with E-state index in [2.05, 4.69) is 0 Å². The van der Waals surface area contributed by atoms with E-state index in [-0.39, 0.29) is 17.9 Å². The van der Waals surface area contributed by atoms with Gasteiger partial charge in [-0.25, -0.2) is 9.96 Å². The van der Waals surface area contributed by atoms with E-state index >= 15 is 0 Å². The van der Waals surface area contributed by atoms with E-state index < -0.39 is 12.0 Å². The average Bonchev–Trinajstić information content (AvgIpc) is 3.48. The van der Waals surface area contributed by atoms with E-state index in [4.69, 9.17) is 9.57 Å². The van der Waals surface area contributed by atoms with Gasteiger partial charge in [0.05, 0.1) is 18.0 Å². The number of imide groups is 1. The summed E-state index contributed by atoms with van der Waals surface area (Å²) in [7, 11) is 0. The number of thiophene rings is 1. The number of benzene rings is 2. The number of hydroxylamine groups is 1. The minimum atomic E-state index is -0.851. The third kappa shape index (κ3) is 2.98. The Balaban J connectivity index is 1.51. The number of hydrogen-bond acceptors (Lipinski definition) is 6. The third-order valence-corrected chi connectivity index (χ3v) is 6.31. The number of hydrogen-bond donors (Lipinski definition) is 0. The topological polar surface area (TPSA) is 59.1 Å². The molecule has 30 heavy (non-hydrogen) atoms. The fourth-order valence-electron chi connectivity index (χ4n) is 4.07. The summed E-state index contributed by atoms with van der Waals surface area (Å²) in [5, 5.41) is 3.68. The predicted octanol–water partition coefficient (Wildman–Crippen LogP) is 4.20. The van der Waals surface area contributed by atoms with Crippen LogP contribution in [0.2, 0.25) is 0 Å². The first kappa shape index (κ1) is 18.8. The van der Waals surface area contributed by atoms with Crippen LogP contribution in [0.15, 0.2) is 72.1 Å². The lowest BCUT2D eigenvalue weighted by atomic mass is 9.95. The molecule has 0 radical (unpaired) electrons. The van der Waals surface area contributed by atoms with E-state index in [0.29, 0.717) is 18.0 Å². The second kappa shape index (κ2) is 7.59. The smallest absolute Gasteiger partial charge is 0.266 e. The van der Waals surface area contributed by atoms with E-state index in [1.54, 1.807) is 40.7 Å². The summed E-state index contributed by atoms with van der Waals surface area (Å²) in [5.41, 5.74) is 1.35. The summed E-state index contributed by atoms with van der Waals surface area (Å²) in [6.45, 7) is 2.46. The molecule has 2 aliphatic rings. The normalized spacial score (nSPS) is 23.2. The first-order chi connectivity index (χ1) is 14.7. The first-order valence-electron chi connectivity index (χ1n) is 9.84. The summed E-state index contributed by atoms with van der Waals surface area (Å²) in [5.74, 6) is -0.494. The van der Waals surface area contributed by atoms with Crippen molar-refractivity contribution in [3.05, 3.63) is 77.0 Å². The molecule has 2 saturated heterocycles. The molecule has 1 aromatic heterocycles. The zero-order valence-corrected chi connectivity index (χ0v) is 17.1. The first-order valence-corrected chi connectivity index (χ1v) is 10.7. The van der Waals surface area contributed by atoms with Crippen molar-refractivity contribution >= 4 is 34.5 Å². The van der Waals surface area contributed by atoms with Crippen molar-refractivity contribution in [2.24, 2.45) is 5.92 Å². The van der Waals surface area contributed by atoms with E-state index in [1.807, 2.05) is 54.8 Å². The van der Waals surface area contributed by atoms with Gasteiger partial charge in [-0.1, -0.05) is 24.3 Å². The molecule has 2 aliphatic heterocycles. The maximum Gasteiger partial charge on any atom is 0.266 e. The van der Waals surface area contributed by atoms with Gasteiger partial charge in [0, 0.05) is 4.88 Å². The highest BCUT2D eigenvalue weighted by molar-refractivity contribution is 7.10. The molecule has 2 aromatic carbocycles. The number of carbonyl (C=O) groups excluding carboxylic acids is 2. The lowest BCUT2D eigenvalue weighted by Gasteiger charge is -2.27. The minimum absolute atomic E-state index is 0.244. The van der Waals surface area contributed by atoms with Gasteiger partial charge in [-0.3, -0.25) is 14.4 Å². The summed E-state index contributed by atoms with van der Waals surface area (Å²) in [4.78, 5) is 35.0. The van der Waals surface area contributed by atoms with E-state index in [1.165, 1.54) is 4.90 Å². The Hall–Kier alpha value is -3.16. The molecule has 0 aliphatic carbocycles. The van der Waals surface area contributed by atoms with Crippen LogP contribution in [-0.2, 0) is 14.4 Å². The Kier molecular flexibility index (Phi) is 4.77. The zero-order chi connectivity index (χ0) is 20.7. The molecule has 0 bridgehead atoms. The molecule has 3 atom stereocenters. The SMILES string of the molecule is CCOc1ccc(N2C(=O)[C@H]3[C@H](ON(c4ccccc4)[C@H]3c3cccs3)C2=O)cc1. The molecule has 6 nitrogen and oxygen atoms in total. The molecule has 7 heteroatoms. The van der Waals surface area contributed by atoms with Crippen molar-refractivity contribution in [2.75, 3.05) is 16.6 Å². The maximum absolute atomic E-state index is 13.5. The number of para-hydroxylation sites is 1. The van der Waals surface area contributed by atoms with Gasteiger partial charge in [0.2, 0.25) is 5.91 Å². The van der Waals surface area contributed by atoms with Crippen molar-refractivity contribution < 1.29 is 19.2 Å². The fourth-order valence-corrected chi connectivity index (χ4v) is 4.93. The number of amides is 2. The van der Waals surface area contributed by atoms with Crippen LogP contribution in [-0.4, -0.2) is 24.5 Å². The summed E-state index contributed by atoms with van der Waals surface area (Å²) in [6, 6.07) is 20.1. The van der Waals surface area contributed by atoms with Crippen LogP contribution in [0.5, 0.6) is 5.75 Å². The Morgan fingerprint density at radius 1 is 0.933 bits per heavy atom. The maximum atomic E-state index is 13.5. The number of nitrogens with zero attached hydrogens (tertiary/aromatic N) is 2. The molecular formula is C23H20N2O4S.